The fraction of sp³-hybridized carbons (Fsp3) is 0.308. The van der Waals surface area contributed by atoms with Gasteiger partial charge in [-0.15, -0.1) is 0 Å². The van der Waals surface area contributed by atoms with Gasteiger partial charge in [-0.05, 0) is 17.7 Å². The van der Waals surface area contributed by atoms with E-state index in [1.54, 1.807) is 18.2 Å². The van der Waals surface area contributed by atoms with Crippen molar-refractivity contribution in [2.24, 2.45) is 0 Å². The number of rotatable bonds is 4. The predicted octanol–water partition coefficient (Wildman–Crippen LogP) is 0.310. The summed E-state index contributed by atoms with van der Waals surface area (Å²) >= 11 is 0. The zero-order valence-electron chi connectivity index (χ0n) is 10.9. The van der Waals surface area contributed by atoms with Crippen LogP contribution < -0.4 is 14.8 Å². The maximum atomic E-state index is 12.0. The Morgan fingerprint density at radius 2 is 2.10 bits per heavy atom. The van der Waals surface area contributed by atoms with E-state index in [4.69, 9.17) is 14.6 Å². The fourth-order valence-electron chi connectivity index (χ4n) is 2.26. The van der Waals surface area contributed by atoms with E-state index in [1.807, 2.05) is 0 Å². The summed E-state index contributed by atoms with van der Waals surface area (Å²) in [5.41, 5.74) is 0.693. The molecule has 1 fully saturated rings. The SMILES string of the molecule is O=C(O)C[C@@H]1NC(=O)N(Cc2ccc3c(c2)OCO3)C1=O. The summed E-state index contributed by atoms with van der Waals surface area (Å²) in [6.45, 7) is 0.194. The number of carboxylic acids is 1. The highest BCUT2D eigenvalue weighted by molar-refractivity contribution is 6.05. The first-order valence-electron chi connectivity index (χ1n) is 6.27. The smallest absolute Gasteiger partial charge is 0.325 e. The first kappa shape index (κ1) is 13.2. The molecule has 1 saturated heterocycles. The second-order valence-corrected chi connectivity index (χ2v) is 4.71. The van der Waals surface area contributed by atoms with E-state index < -0.39 is 30.4 Å². The summed E-state index contributed by atoms with van der Waals surface area (Å²) in [4.78, 5) is 35.4. The maximum absolute atomic E-state index is 12.0. The number of urea groups is 1. The first-order chi connectivity index (χ1) is 10.0. The molecule has 3 rings (SSSR count). The minimum absolute atomic E-state index is 0.0530. The third-order valence-corrected chi connectivity index (χ3v) is 3.26. The van der Waals surface area contributed by atoms with Crippen molar-refractivity contribution in [3.05, 3.63) is 23.8 Å². The second kappa shape index (κ2) is 4.97. The van der Waals surface area contributed by atoms with E-state index in [0.717, 1.165) is 4.90 Å². The molecule has 0 saturated carbocycles. The zero-order chi connectivity index (χ0) is 15.0. The summed E-state index contributed by atoms with van der Waals surface area (Å²) in [6.07, 6.45) is -0.428. The fourth-order valence-corrected chi connectivity index (χ4v) is 2.26. The van der Waals surface area contributed by atoms with Gasteiger partial charge in [0.25, 0.3) is 5.91 Å². The van der Waals surface area contributed by atoms with Gasteiger partial charge in [0.05, 0.1) is 13.0 Å². The number of aliphatic carboxylic acids is 1. The molecule has 0 aliphatic carbocycles. The van der Waals surface area contributed by atoms with Gasteiger partial charge in [-0.1, -0.05) is 6.07 Å². The predicted molar refractivity (Wildman–Crippen MR) is 67.7 cm³/mol. The van der Waals surface area contributed by atoms with Crippen molar-refractivity contribution in [2.45, 2.75) is 19.0 Å². The Morgan fingerprint density at radius 1 is 1.33 bits per heavy atom. The van der Waals surface area contributed by atoms with Gasteiger partial charge in [-0.25, -0.2) is 4.79 Å². The van der Waals surface area contributed by atoms with Crippen LogP contribution in [-0.4, -0.2) is 40.7 Å². The Labute approximate surface area is 119 Å². The first-order valence-corrected chi connectivity index (χ1v) is 6.27. The second-order valence-electron chi connectivity index (χ2n) is 4.71. The van der Waals surface area contributed by atoms with E-state index >= 15 is 0 Å². The molecule has 8 heteroatoms. The Hall–Kier alpha value is -2.77. The topological polar surface area (TPSA) is 105 Å². The minimum atomic E-state index is -1.14. The number of hydrogen-bond acceptors (Lipinski definition) is 5. The summed E-state index contributed by atoms with van der Waals surface area (Å²) in [7, 11) is 0. The monoisotopic (exact) mass is 292 g/mol. The summed E-state index contributed by atoms with van der Waals surface area (Å²) in [5.74, 6) is -0.514. The summed E-state index contributed by atoms with van der Waals surface area (Å²) in [5, 5.41) is 11.1. The average Bonchev–Trinajstić information content (AvgIpc) is 2.98. The van der Waals surface area contributed by atoms with Crippen molar-refractivity contribution in [2.75, 3.05) is 6.79 Å². The van der Waals surface area contributed by atoms with Gasteiger partial charge in [-0.3, -0.25) is 14.5 Å². The lowest BCUT2D eigenvalue weighted by atomic mass is 10.1. The molecule has 2 aliphatic rings. The summed E-state index contributed by atoms with van der Waals surface area (Å²) in [6, 6.07) is 3.50. The standard InChI is InChI=1S/C13H12N2O6/c16-11(17)4-8-12(18)15(13(19)14-8)5-7-1-2-9-10(3-7)21-6-20-9/h1-3,8H,4-6H2,(H,14,19)(H,16,17)/t8-/m0/s1. The number of nitrogens with one attached hydrogen (secondary N) is 1. The lowest BCUT2D eigenvalue weighted by molar-refractivity contribution is -0.140. The van der Waals surface area contributed by atoms with Gasteiger partial charge in [-0.2, -0.15) is 0 Å². The van der Waals surface area contributed by atoms with Crippen molar-refractivity contribution >= 4 is 17.9 Å². The largest absolute Gasteiger partial charge is 0.481 e. The van der Waals surface area contributed by atoms with Crippen LogP contribution in [0.4, 0.5) is 4.79 Å². The minimum Gasteiger partial charge on any atom is -0.481 e. The van der Waals surface area contributed by atoms with Gasteiger partial charge in [0.15, 0.2) is 11.5 Å². The lowest BCUT2D eigenvalue weighted by Gasteiger charge is -2.13. The van der Waals surface area contributed by atoms with E-state index in [1.165, 1.54) is 0 Å². The summed E-state index contributed by atoms with van der Waals surface area (Å²) < 4.78 is 10.4. The van der Waals surface area contributed by atoms with Crippen molar-refractivity contribution in [1.29, 1.82) is 0 Å². The van der Waals surface area contributed by atoms with Crippen LogP contribution in [0.1, 0.15) is 12.0 Å². The molecule has 21 heavy (non-hydrogen) atoms. The lowest BCUT2D eigenvalue weighted by Crippen LogP contribution is -2.32. The number of imide groups is 1. The van der Waals surface area contributed by atoms with Gasteiger partial charge in [0.2, 0.25) is 6.79 Å². The molecule has 1 atom stereocenters. The number of fused-ring (bicyclic) bond motifs is 1. The maximum Gasteiger partial charge on any atom is 0.325 e. The zero-order valence-corrected chi connectivity index (χ0v) is 10.9. The van der Waals surface area contributed by atoms with Crippen LogP contribution in [0.15, 0.2) is 18.2 Å². The van der Waals surface area contributed by atoms with Crippen molar-refractivity contribution in [1.82, 2.24) is 10.2 Å². The quantitative estimate of drug-likeness (QED) is 0.774. The molecule has 3 amide bonds. The highest BCUT2D eigenvalue weighted by Gasteiger charge is 2.39. The third kappa shape index (κ3) is 2.47. The average molecular weight is 292 g/mol. The highest BCUT2D eigenvalue weighted by atomic mass is 16.7. The number of hydrogen-bond donors (Lipinski definition) is 2. The van der Waals surface area contributed by atoms with Crippen molar-refractivity contribution in [3.63, 3.8) is 0 Å². The highest BCUT2D eigenvalue weighted by Crippen LogP contribution is 2.33. The van der Waals surface area contributed by atoms with Crippen LogP contribution in [-0.2, 0) is 16.1 Å². The molecule has 1 aromatic carbocycles. The molecule has 2 heterocycles. The van der Waals surface area contributed by atoms with Crippen LogP contribution in [0.2, 0.25) is 0 Å². The van der Waals surface area contributed by atoms with Crippen LogP contribution >= 0.6 is 0 Å². The molecular formula is C13H12N2O6. The van der Waals surface area contributed by atoms with Crippen LogP contribution in [0.3, 0.4) is 0 Å². The van der Waals surface area contributed by atoms with Crippen LogP contribution in [0, 0.1) is 0 Å². The number of benzene rings is 1. The molecule has 0 aromatic heterocycles. The van der Waals surface area contributed by atoms with E-state index in [0.29, 0.717) is 17.1 Å². The number of ether oxygens (including phenoxy) is 2. The molecule has 0 unspecified atom stereocenters. The van der Waals surface area contributed by atoms with Gasteiger partial charge >= 0.3 is 12.0 Å². The van der Waals surface area contributed by atoms with Gasteiger partial charge in [0.1, 0.15) is 6.04 Å². The Bertz CT molecular complexity index is 629. The Kier molecular flexibility index (Phi) is 3.13. The molecule has 0 radical (unpaired) electrons. The number of amides is 3. The number of nitrogens with zero attached hydrogens (tertiary/aromatic N) is 1. The molecule has 0 bridgehead atoms. The molecule has 8 nitrogen and oxygen atoms in total. The molecule has 2 N–H and O–H groups in total. The normalized spacial score (nSPS) is 19.8. The van der Waals surface area contributed by atoms with Crippen LogP contribution in [0.25, 0.3) is 0 Å². The number of carbonyl (C=O) groups excluding carboxylic acids is 2. The van der Waals surface area contributed by atoms with E-state index in [2.05, 4.69) is 5.32 Å². The van der Waals surface area contributed by atoms with Crippen molar-refractivity contribution < 1.29 is 29.0 Å². The van der Waals surface area contributed by atoms with Crippen molar-refractivity contribution in [3.8, 4) is 11.5 Å². The molecule has 2 aliphatic heterocycles. The van der Waals surface area contributed by atoms with Crippen LogP contribution in [0.5, 0.6) is 11.5 Å². The van der Waals surface area contributed by atoms with Gasteiger partial charge in [0, 0.05) is 0 Å². The third-order valence-electron chi connectivity index (χ3n) is 3.26. The molecule has 1 aromatic rings. The van der Waals surface area contributed by atoms with E-state index in [-0.39, 0.29) is 13.3 Å². The van der Waals surface area contributed by atoms with Gasteiger partial charge < -0.3 is 19.9 Å². The number of carboxylic acid groups (broad SMARTS) is 1. The molecule has 0 spiro atoms. The Balaban J connectivity index is 1.74. The van der Waals surface area contributed by atoms with E-state index in [9.17, 15) is 14.4 Å². The molecule has 110 valence electrons. The number of carbonyl (C=O) groups is 3. The molecular weight excluding hydrogens is 280 g/mol. The Morgan fingerprint density at radius 3 is 2.86 bits per heavy atom.